The zero-order valence-electron chi connectivity index (χ0n) is 14.4. The number of halogens is 3. The van der Waals surface area contributed by atoms with Crippen molar-refractivity contribution in [2.45, 2.75) is 6.18 Å². The Hall–Kier alpha value is -2.65. The minimum absolute atomic E-state index is 0.0514. The number of likely N-dealkylation sites (N-methyl/N-ethyl adjacent to an activating group) is 1. The lowest BCUT2D eigenvalue weighted by molar-refractivity contribution is -0.137. The first-order valence-corrected chi connectivity index (χ1v) is 9.18. The Kier molecular flexibility index (Phi) is 5.57. The molecule has 2 aromatic rings. The first kappa shape index (κ1) is 20.1. The Morgan fingerprint density at radius 2 is 1.86 bits per heavy atom. The molecule has 9 heteroatoms. The smallest absolute Gasteiger partial charge is 0.322 e. The summed E-state index contributed by atoms with van der Waals surface area (Å²) in [6, 6.07) is 10.8. The van der Waals surface area contributed by atoms with Crippen molar-refractivity contribution in [2.75, 3.05) is 12.4 Å². The van der Waals surface area contributed by atoms with Gasteiger partial charge in [0.2, 0.25) is 0 Å². The van der Waals surface area contributed by atoms with Gasteiger partial charge in [0.1, 0.15) is 4.32 Å². The van der Waals surface area contributed by atoms with Crippen LogP contribution in [0.15, 0.2) is 53.4 Å². The molecule has 1 fully saturated rings. The van der Waals surface area contributed by atoms with E-state index in [0.29, 0.717) is 14.8 Å². The van der Waals surface area contributed by atoms with Crippen LogP contribution in [0, 0.1) is 0 Å². The number of hydrogen-bond donors (Lipinski definition) is 1. The van der Waals surface area contributed by atoms with Gasteiger partial charge in [0, 0.05) is 18.3 Å². The van der Waals surface area contributed by atoms with Crippen LogP contribution in [-0.2, 0) is 11.0 Å². The lowest BCUT2D eigenvalue weighted by Gasteiger charge is -2.10. The van der Waals surface area contributed by atoms with Crippen LogP contribution in [0.4, 0.5) is 18.9 Å². The second kappa shape index (κ2) is 7.76. The SMILES string of the molecule is CN1C(=O)/C(=C/c2ccc(C(=O)Nc3cccc(C(F)(F)F)c3)cc2)SC1=S. The van der Waals surface area contributed by atoms with E-state index in [1.807, 2.05) is 0 Å². The third-order valence-electron chi connectivity index (χ3n) is 3.90. The third kappa shape index (κ3) is 4.42. The minimum Gasteiger partial charge on any atom is -0.322 e. The number of nitrogens with zero attached hydrogens (tertiary/aromatic N) is 1. The number of hydrogen-bond acceptors (Lipinski definition) is 4. The van der Waals surface area contributed by atoms with Crippen molar-refractivity contribution >= 4 is 51.9 Å². The molecule has 1 N–H and O–H groups in total. The number of alkyl halides is 3. The predicted molar refractivity (Wildman–Crippen MR) is 107 cm³/mol. The molecule has 1 aliphatic heterocycles. The molecule has 0 spiro atoms. The maximum absolute atomic E-state index is 12.8. The number of nitrogens with one attached hydrogen (secondary N) is 1. The number of carbonyl (C=O) groups excluding carboxylic acids is 2. The van der Waals surface area contributed by atoms with E-state index >= 15 is 0 Å². The molecular weight excluding hydrogens is 409 g/mol. The molecule has 1 aliphatic rings. The quantitative estimate of drug-likeness (QED) is 0.571. The van der Waals surface area contributed by atoms with Gasteiger partial charge in [-0.3, -0.25) is 14.5 Å². The van der Waals surface area contributed by atoms with Gasteiger partial charge in [-0.05, 0) is 42.0 Å². The van der Waals surface area contributed by atoms with Gasteiger partial charge in [0.25, 0.3) is 11.8 Å². The molecule has 4 nitrogen and oxygen atoms in total. The van der Waals surface area contributed by atoms with Gasteiger partial charge in [-0.25, -0.2) is 0 Å². The van der Waals surface area contributed by atoms with Gasteiger partial charge >= 0.3 is 6.18 Å². The fraction of sp³-hybridized carbons (Fsp3) is 0.105. The van der Waals surface area contributed by atoms with Crippen molar-refractivity contribution in [1.82, 2.24) is 4.90 Å². The van der Waals surface area contributed by atoms with Crippen LogP contribution in [0.25, 0.3) is 6.08 Å². The standard InChI is InChI=1S/C19H13F3N2O2S2/c1-24-17(26)15(28-18(24)27)9-11-5-7-12(8-6-11)16(25)23-14-4-2-3-13(10-14)19(20,21)22/h2-10H,1H3,(H,23,25)/b15-9-. The first-order chi connectivity index (χ1) is 13.1. The van der Waals surface area contributed by atoms with Gasteiger partial charge in [-0.1, -0.05) is 42.2 Å². The van der Waals surface area contributed by atoms with E-state index in [1.54, 1.807) is 25.3 Å². The lowest BCUT2D eigenvalue weighted by atomic mass is 10.1. The van der Waals surface area contributed by atoms with E-state index in [1.165, 1.54) is 40.9 Å². The number of thioether (sulfide) groups is 1. The maximum atomic E-state index is 12.8. The number of rotatable bonds is 3. The number of benzene rings is 2. The van der Waals surface area contributed by atoms with Crippen molar-refractivity contribution in [3.05, 3.63) is 70.1 Å². The highest BCUT2D eigenvalue weighted by atomic mass is 32.2. The number of amides is 2. The summed E-state index contributed by atoms with van der Waals surface area (Å²) in [5, 5.41) is 2.45. The Labute approximate surface area is 168 Å². The van der Waals surface area contributed by atoms with Crippen LogP contribution in [0.3, 0.4) is 0 Å². The summed E-state index contributed by atoms with van der Waals surface area (Å²) in [4.78, 5) is 26.1. The third-order valence-corrected chi connectivity index (χ3v) is 5.39. The normalized spacial score (nSPS) is 16.0. The second-order valence-electron chi connectivity index (χ2n) is 5.90. The summed E-state index contributed by atoms with van der Waals surface area (Å²) in [7, 11) is 1.60. The first-order valence-electron chi connectivity index (χ1n) is 7.95. The van der Waals surface area contributed by atoms with Crippen molar-refractivity contribution < 1.29 is 22.8 Å². The summed E-state index contributed by atoms with van der Waals surface area (Å²) in [5.74, 6) is -0.730. The van der Waals surface area contributed by atoms with Crippen LogP contribution in [0.5, 0.6) is 0 Å². The van der Waals surface area contributed by atoms with Gasteiger partial charge < -0.3 is 5.32 Å². The van der Waals surface area contributed by atoms with Crippen molar-refractivity contribution in [1.29, 1.82) is 0 Å². The molecule has 0 saturated carbocycles. The summed E-state index contributed by atoms with van der Waals surface area (Å²) in [6.45, 7) is 0. The molecule has 0 bridgehead atoms. The highest BCUT2D eigenvalue weighted by molar-refractivity contribution is 8.26. The monoisotopic (exact) mass is 422 g/mol. The fourth-order valence-electron chi connectivity index (χ4n) is 2.40. The van der Waals surface area contributed by atoms with Gasteiger partial charge in [0.15, 0.2) is 0 Å². The van der Waals surface area contributed by atoms with E-state index in [9.17, 15) is 22.8 Å². The average Bonchev–Trinajstić information content (AvgIpc) is 2.88. The fourth-order valence-corrected chi connectivity index (χ4v) is 3.58. The highest BCUT2D eigenvalue weighted by Gasteiger charge is 2.30. The molecule has 0 atom stereocenters. The maximum Gasteiger partial charge on any atom is 0.416 e. The van der Waals surface area contributed by atoms with Gasteiger partial charge in [-0.15, -0.1) is 0 Å². The van der Waals surface area contributed by atoms with E-state index < -0.39 is 17.6 Å². The molecule has 2 amide bonds. The van der Waals surface area contributed by atoms with Crippen LogP contribution in [-0.4, -0.2) is 28.1 Å². The number of thiocarbonyl (C=S) groups is 1. The molecule has 0 unspecified atom stereocenters. The van der Waals surface area contributed by atoms with Crippen LogP contribution >= 0.6 is 24.0 Å². The van der Waals surface area contributed by atoms with Gasteiger partial charge in [0.05, 0.1) is 10.5 Å². The topological polar surface area (TPSA) is 49.4 Å². The minimum atomic E-state index is -4.48. The van der Waals surface area contributed by atoms with E-state index in [4.69, 9.17) is 12.2 Å². The van der Waals surface area contributed by atoms with Crippen LogP contribution in [0.2, 0.25) is 0 Å². The van der Waals surface area contributed by atoms with E-state index in [0.717, 1.165) is 12.1 Å². The summed E-state index contributed by atoms with van der Waals surface area (Å²) >= 11 is 6.26. The molecule has 0 aliphatic carbocycles. The molecule has 0 aromatic heterocycles. The Bertz CT molecular complexity index is 985. The Morgan fingerprint density at radius 3 is 2.43 bits per heavy atom. The molecule has 2 aromatic carbocycles. The molecule has 1 heterocycles. The van der Waals surface area contributed by atoms with Crippen molar-refractivity contribution in [3.63, 3.8) is 0 Å². The number of carbonyl (C=O) groups is 2. The Balaban J connectivity index is 1.73. The molecule has 3 rings (SSSR count). The largest absolute Gasteiger partial charge is 0.416 e. The summed E-state index contributed by atoms with van der Waals surface area (Å²) in [6.07, 6.45) is -2.82. The highest BCUT2D eigenvalue weighted by Crippen LogP contribution is 2.32. The van der Waals surface area contributed by atoms with Crippen LogP contribution in [0.1, 0.15) is 21.5 Å². The molecular formula is C19H13F3N2O2S2. The second-order valence-corrected chi connectivity index (χ2v) is 7.57. The predicted octanol–water partition coefficient (Wildman–Crippen LogP) is 4.79. The average molecular weight is 422 g/mol. The molecule has 1 saturated heterocycles. The van der Waals surface area contributed by atoms with Crippen molar-refractivity contribution in [3.8, 4) is 0 Å². The molecule has 144 valence electrons. The van der Waals surface area contributed by atoms with Crippen LogP contribution < -0.4 is 5.32 Å². The Morgan fingerprint density at radius 1 is 1.18 bits per heavy atom. The number of anilines is 1. The molecule has 28 heavy (non-hydrogen) atoms. The van der Waals surface area contributed by atoms with Gasteiger partial charge in [-0.2, -0.15) is 13.2 Å². The van der Waals surface area contributed by atoms with E-state index in [2.05, 4.69) is 5.32 Å². The van der Waals surface area contributed by atoms with E-state index in [-0.39, 0.29) is 17.2 Å². The lowest BCUT2D eigenvalue weighted by Crippen LogP contribution is -2.22. The van der Waals surface area contributed by atoms with Crippen molar-refractivity contribution in [2.24, 2.45) is 0 Å². The molecule has 0 radical (unpaired) electrons. The summed E-state index contributed by atoms with van der Waals surface area (Å²) < 4.78 is 38.7. The summed E-state index contributed by atoms with van der Waals surface area (Å²) in [5.41, 5.74) is 0.187. The zero-order valence-corrected chi connectivity index (χ0v) is 16.0. The zero-order chi connectivity index (χ0) is 20.5.